The Morgan fingerprint density at radius 1 is 0.833 bits per heavy atom. The molecule has 4 rings (SSSR count). The van der Waals surface area contributed by atoms with E-state index in [1.54, 1.807) is 6.92 Å². The number of carbonyl (C=O) groups excluding carboxylic acids is 3. The second kappa shape index (κ2) is 15.9. The molecule has 0 saturated carbocycles. The SMILES string of the molecule is CCOC(=O)NCc1cccc(CC(=O)Nc2nnc(CCCCC3=CC=C(NC(=O)Cc4ccccc4)NN3)s2)c1. The summed E-state index contributed by atoms with van der Waals surface area (Å²) < 4.78 is 4.87. The highest BCUT2D eigenvalue weighted by Crippen LogP contribution is 2.19. The smallest absolute Gasteiger partial charge is 0.407 e. The number of hydrazine groups is 1. The van der Waals surface area contributed by atoms with Crippen LogP contribution in [0.3, 0.4) is 0 Å². The van der Waals surface area contributed by atoms with Gasteiger partial charge >= 0.3 is 6.09 Å². The molecule has 0 fully saturated rings. The average molecular weight is 590 g/mol. The molecule has 1 aromatic heterocycles. The van der Waals surface area contributed by atoms with E-state index in [0.717, 1.165) is 53.1 Å². The van der Waals surface area contributed by atoms with Gasteiger partial charge in [0.2, 0.25) is 16.9 Å². The highest BCUT2D eigenvalue weighted by molar-refractivity contribution is 7.15. The van der Waals surface area contributed by atoms with Gasteiger partial charge in [-0.25, -0.2) is 4.79 Å². The highest BCUT2D eigenvalue weighted by Gasteiger charge is 2.12. The minimum absolute atomic E-state index is 0.0826. The van der Waals surface area contributed by atoms with Gasteiger partial charge in [0.1, 0.15) is 10.8 Å². The third-order valence-corrected chi connectivity index (χ3v) is 7.06. The maximum atomic E-state index is 12.5. The summed E-state index contributed by atoms with van der Waals surface area (Å²) >= 11 is 1.38. The first kappa shape index (κ1) is 30.3. The van der Waals surface area contributed by atoms with Gasteiger partial charge in [0, 0.05) is 18.7 Å². The van der Waals surface area contributed by atoms with Crippen molar-refractivity contribution in [2.24, 2.45) is 0 Å². The first-order valence-corrected chi connectivity index (χ1v) is 14.7. The van der Waals surface area contributed by atoms with Crippen molar-refractivity contribution in [3.63, 3.8) is 0 Å². The van der Waals surface area contributed by atoms with Crippen molar-refractivity contribution in [3.05, 3.63) is 100.0 Å². The van der Waals surface area contributed by atoms with Crippen LogP contribution in [0.1, 0.15) is 47.9 Å². The molecule has 42 heavy (non-hydrogen) atoms. The van der Waals surface area contributed by atoms with Gasteiger partial charge in [-0.1, -0.05) is 65.9 Å². The van der Waals surface area contributed by atoms with Crippen molar-refractivity contribution in [1.29, 1.82) is 0 Å². The number of anilines is 1. The van der Waals surface area contributed by atoms with Crippen molar-refractivity contribution in [3.8, 4) is 0 Å². The molecular formula is C30H35N7O4S. The number of allylic oxidation sites excluding steroid dienone is 3. The van der Waals surface area contributed by atoms with E-state index in [2.05, 4.69) is 37.0 Å². The molecule has 12 heteroatoms. The van der Waals surface area contributed by atoms with E-state index in [1.165, 1.54) is 11.3 Å². The summed E-state index contributed by atoms with van der Waals surface area (Å²) in [5, 5.41) is 18.0. The zero-order chi connectivity index (χ0) is 29.6. The fourth-order valence-corrected chi connectivity index (χ4v) is 4.96. The summed E-state index contributed by atoms with van der Waals surface area (Å²) in [5.41, 5.74) is 9.87. The first-order valence-electron chi connectivity index (χ1n) is 13.8. The standard InChI is InChI=1S/C30H35N7O4S/c1-2-41-30(40)31-20-23-12-8-11-22(17-23)19-27(39)33-29-37-36-28(42-29)14-7-6-13-24-15-16-25(35-34-24)32-26(38)18-21-9-4-3-5-10-21/h3-5,8-12,15-17,34-35H,2,6-7,13-14,18-20H2,1H3,(H,31,40)(H,32,38)(H,33,37,39). The number of aryl methyl sites for hydroxylation is 1. The van der Waals surface area contributed by atoms with Gasteiger partial charge in [-0.15, -0.1) is 10.2 Å². The fourth-order valence-electron chi connectivity index (χ4n) is 4.16. The van der Waals surface area contributed by atoms with Crippen molar-refractivity contribution in [1.82, 2.24) is 31.7 Å². The van der Waals surface area contributed by atoms with Gasteiger partial charge in [0.25, 0.3) is 0 Å². The lowest BCUT2D eigenvalue weighted by molar-refractivity contribution is -0.120. The van der Waals surface area contributed by atoms with Crippen LogP contribution < -0.4 is 26.8 Å². The third kappa shape index (κ3) is 10.4. The molecule has 3 aromatic rings. The Labute approximate surface area is 248 Å². The number of rotatable bonds is 14. The number of carbonyl (C=O) groups is 3. The van der Waals surface area contributed by atoms with Gasteiger partial charge < -0.3 is 26.1 Å². The largest absolute Gasteiger partial charge is 0.450 e. The highest BCUT2D eigenvalue weighted by atomic mass is 32.1. The minimum Gasteiger partial charge on any atom is -0.450 e. The lowest BCUT2D eigenvalue weighted by Crippen LogP contribution is -2.41. The quantitative estimate of drug-likeness (QED) is 0.178. The summed E-state index contributed by atoms with van der Waals surface area (Å²) in [6, 6.07) is 17.1. The molecule has 2 aromatic carbocycles. The van der Waals surface area contributed by atoms with Crippen LogP contribution in [0.2, 0.25) is 0 Å². The van der Waals surface area contributed by atoms with E-state index in [9.17, 15) is 14.4 Å². The van der Waals surface area contributed by atoms with Crippen LogP contribution in [0.25, 0.3) is 0 Å². The average Bonchev–Trinajstić information content (AvgIpc) is 3.42. The number of nitrogens with one attached hydrogen (secondary N) is 5. The molecule has 1 aliphatic rings. The molecule has 0 spiro atoms. The Morgan fingerprint density at radius 2 is 1.57 bits per heavy atom. The van der Waals surface area contributed by atoms with Crippen LogP contribution in [0.15, 0.2) is 78.3 Å². The Kier molecular flexibility index (Phi) is 11.5. The molecule has 0 saturated heterocycles. The van der Waals surface area contributed by atoms with E-state index in [1.807, 2.05) is 66.7 Å². The monoisotopic (exact) mass is 589 g/mol. The normalized spacial score (nSPS) is 12.2. The molecule has 0 radical (unpaired) electrons. The van der Waals surface area contributed by atoms with Crippen LogP contribution in [0, 0.1) is 0 Å². The third-order valence-electron chi connectivity index (χ3n) is 6.16. The number of unbranched alkanes of at least 4 members (excludes halogenated alkanes) is 1. The van der Waals surface area contributed by atoms with Crippen molar-refractivity contribution in [2.45, 2.75) is 52.0 Å². The summed E-state index contributed by atoms with van der Waals surface area (Å²) in [6.07, 6.45) is 7.30. The van der Waals surface area contributed by atoms with Gasteiger partial charge in [0.15, 0.2) is 0 Å². The molecular weight excluding hydrogens is 554 g/mol. The minimum atomic E-state index is -0.472. The predicted octanol–water partition coefficient (Wildman–Crippen LogP) is 3.87. The van der Waals surface area contributed by atoms with Crippen molar-refractivity contribution < 1.29 is 19.1 Å². The lowest BCUT2D eigenvalue weighted by Gasteiger charge is -2.20. The molecule has 11 nitrogen and oxygen atoms in total. The number of ether oxygens (including phenoxy) is 1. The number of aromatic nitrogens is 2. The number of hydrogen-bond donors (Lipinski definition) is 5. The summed E-state index contributed by atoms with van der Waals surface area (Å²) in [4.78, 5) is 36.3. The number of benzene rings is 2. The van der Waals surface area contributed by atoms with Crippen LogP contribution in [-0.4, -0.2) is 34.7 Å². The van der Waals surface area contributed by atoms with E-state index < -0.39 is 6.09 Å². The molecule has 220 valence electrons. The maximum Gasteiger partial charge on any atom is 0.407 e. The Hall–Kier alpha value is -4.71. The second-order valence-electron chi connectivity index (χ2n) is 9.56. The van der Waals surface area contributed by atoms with E-state index >= 15 is 0 Å². The molecule has 0 bridgehead atoms. The summed E-state index contributed by atoms with van der Waals surface area (Å²) in [6.45, 7) is 2.38. The summed E-state index contributed by atoms with van der Waals surface area (Å²) in [5.74, 6) is 0.349. The molecule has 2 heterocycles. The lowest BCUT2D eigenvalue weighted by atomic mass is 10.1. The first-order chi connectivity index (χ1) is 20.5. The molecule has 0 unspecified atom stereocenters. The zero-order valence-corrected chi connectivity index (χ0v) is 24.3. The molecule has 5 N–H and O–H groups in total. The van der Waals surface area contributed by atoms with Crippen LogP contribution in [0.5, 0.6) is 0 Å². The second-order valence-corrected chi connectivity index (χ2v) is 10.6. The fraction of sp³-hybridized carbons (Fsp3) is 0.300. The van der Waals surface area contributed by atoms with Crippen LogP contribution >= 0.6 is 11.3 Å². The molecule has 0 aliphatic carbocycles. The predicted molar refractivity (Wildman–Crippen MR) is 161 cm³/mol. The Balaban J connectivity index is 1.13. The Bertz CT molecular complexity index is 1420. The van der Waals surface area contributed by atoms with Gasteiger partial charge in [0.05, 0.1) is 19.4 Å². The maximum absolute atomic E-state index is 12.5. The van der Waals surface area contributed by atoms with Crippen LogP contribution in [0.4, 0.5) is 9.93 Å². The molecule has 1 aliphatic heterocycles. The molecule has 3 amide bonds. The van der Waals surface area contributed by atoms with Crippen molar-refractivity contribution in [2.75, 3.05) is 11.9 Å². The number of hydrogen-bond acceptors (Lipinski definition) is 9. The molecule has 0 atom stereocenters. The van der Waals surface area contributed by atoms with E-state index in [4.69, 9.17) is 4.74 Å². The van der Waals surface area contributed by atoms with Gasteiger partial charge in [-0.3, -0.25) is 15.0 Å². The van der Waals surface area contributed by atoms with Crippen LogP contribution in [-0.2, 0) is 40.1 Å². The van der Waals surface area contributed by atoms with Crippen molar-refractivity contribution >= 4 is 34.4 Å². The van der Waals surface area contributed by atoms with Gasteiger partial charge in [-0.05, 0) is 55.0 Å². The van der Waals surface area contributed by atoms with Gasteiger partial charge in [-0.2, -0.15) is 0 Å². The summed E-state index contributed by atoms with van der Waals surface area (Å²) in [7, 11) is 0. The number of alkyl carbamates (subject to hydrolysis) is 1. The zero-order valence-electron chi connectivity index (χ0n) is 23.4. The Morgan fingerprint density at radius 3 is 2.36 bits per heavy atom. The van der Waals surface area contributed by atoms with E-state index in [0.29, 0.717) is 30.5 Å². The topological polar surface area (TPSA) is 146 Å². The number of nitrogens with zero attached hydrogens (tertiary/aromatic N) is 2. The van der Waals surface area contributed by atoms with E-state index in [-0.39, 0.29) is 18.2 Å². The number of amides is 3.